The molecule has 1 unspecified atom stereocenters. The number of carbonyl (C=O) groups excluding carboxylic acids is 2. The van der Waals surface area contributed by atoms with E-state index >= 15 is 0 Å². The summed E-state index contributed by atoms with van der Waals surface area (Å²) < 4.78 is 17.5. The summed E-state index contributed by atoms with van der Waals surface area (Å²) in [4.78, 5) is 35.6. The Labute approximate surface area is 236 Å². The predicted octanol–water partition coefficient (Wildman–Crippen LogP) is 4.47. The van der Waals surface area contributed by atoms with Gasteiger partial charge in [0.15, 0.2) is 0 Å². The highest BCUT2D eigenvalue weighted by Gasteiger charge is 2.31. The Morgan fingerprint density at radius 3 is 2.62 bits per heavy atom. The first-order valence-electron chi connectivity index (χ1n) is 14.7. The third-order valence-corrected chi connectivity index (χ3v) is 8.38. The molecule has 40 heavy (non-hydrogen) atoms. The summed E-state index contributed by atoms with van der Waals surface area (Å²) in [5.41, 5.74) is 4.00. The fraction of sp³-hybridized carbons (Fsp3) is 0.581. The lowest BCUT2D eigenvalue weighted by Gasteiger charge is -2.37. The van der Waals surface area contributed by atoms with E-state index in [1.807, 2.05) is 6.07 Å². The number of nitrogens with zero attached hydrogens (tertiary/aromatic N) is 3. The number of carbonyl (C=O) groups is 2. The second-order valence-corrected chi connectivity index (χ2v) is 10.9. The van der Waals surface area contributed by atoms with Gasteiger partial charge in [0.05, 0.1) is 19.2 Å². The summed E-state index contributed by atoms with van der Waals surface area (Å²) in [7, 11) is 1.54. The van der Waals surface area contributed by atoms with Crippen molar-refractivity contribution in [3.8, 4) is 0 Å². The SMILES string of the molecule is CCc1c(N(CC)C2CCOCC2)cc2oc(CN3CCCC3)cc2c1C(=O)NCC1C(=O)N=C(C)C=C1OC. The number of dihydropyridines is 1. The lowest BCUT2D eigenvalue weighted by atomic mass is 9.95. The highest BCUT2D eigenvalue weighted by molar-refractivity contribution is 6.10. The standard InChI is InChI=1S/C31H42N4O5/c1-5-23-26(35(6-2)21-9-13-39-14-10-21)17-28-24(16-22(40-28)19-34-11-7-8-12-34)29(23)31(37)32-18-25-27(38-4)15-20(3)33-30(25)36/h15-17,21,25H,5-14,18-19H2,1-4H3,(H,32,37). The first kappa shape index (κ1) is 28.4. The van der Waals surface area contributed by atoms with E-state index in [2.05, 4.69) is 40.0 Å². The van der Waals surface area contributed by atoms with Crippen LogP contribution in [0.1, 0.15) is 68.1 Å². The van der Waals surface area contributed by atoms with Crippen LogP contribution in [0.5, 0.6) is 0 Å². The van der Waals surface area contributed by atoms with E-state index < -0.39 is 5.92 Å². The largest absolute Gasteiger partial charge is 0.500 e. The van der Waals surface area contributed by atoms with Gasteiger partial charge in [-0.3, -0.25) is 14.5 Å². The molecule has 2 amide bonds. The number of furan rings is 1. The molecule has 0 spiro atoms. The van der Waals surface area contributed by atoms with E-state index in [4.69, 9.17) is 13.9 Å². The molecule has 3 aliphatic heterocycles. The van der Waals surface area contributed by atoms with E-state index in [1.54, 1.807) is 13.0 Å². The zero-order valence-corrected chi connectivity index (χ0v) is 24.3. The molecule has 1 aromatic heterocycles. The van der Waals surface area contributed by atoms with Crippen molar-refractivity contribution >= 4 is 34.2 Å². The van der Waals surface area contributed by atoms with Crippen LogP contribution in [-0.4, -0.2) is 75.0 Å². The second kappa shape index (κ2) is 12.6. The van der Waals surface area contributed by atoms with Gasteiger partial charge in [-0.25, -0.2) is 4.99 Å². The number of hydrogen-bond donors (Lipinski definition) is 1. The van der Waals surface area contributed by atoms with Crippen molar-refractivity contribution in [2.45, 2.75) is 65.5 Å². The summed E-state index contributed by atoms with van der Waals surface area (Å²) in [5.74, 6) is 0.219. The van der Waals surface area contributed by atoms with Crippen LogP contribution in [0.4, 0.5) is 5.69 Å². The van der Waals surface area contributed by atoms with Gasteiger partial charge in [-0.05, 0) is 76.7 Å². The molecule has 0 saturated carbocycles. The molecule has 1 N–H and O–H groups in total. The number of hydrogen-bond acceptors (Lipinski definition) is 7. The molecule has 4 heterocycles. The monoisotopic (exact) mass is 550 g/mol. The van der Waals surface area contributed by atoms with Crippen molar-refractivity contribution in [1.82, 2.24) is 10.2 Å². The number of amides is 2. The number of fused-ring (bicyclic) bond motifs is 1. The van der Waals surface area contributed by atoms with Crippen molar-refractivity contribution in [1.29, 1.82) is 0 Å². The van der Waals surface area contributed by atoms with Crippen LogP contribution >= 0.6 is 0 Å². The maximum atomic E-state index is 14.0. The Morgan fingerprint density at radius 1 is 1.20 bits per heavy atom. The number of rotatable bonds is 10. The normalized spacial score (nSPS) is 20.5. The van der Waals surface area contributed by atoms with Gasteiger partial charge >= 0.3 is 0 Å². The van der Waals surface area contributed by atoms with Gasteiger partial charge in [0.2, 0.25) is 0 Å². The zero-order chi connectivity index (χ0) is 28.2. The third-order valence-electron chi connectivity index (χ3n) is 8.38. The van der Waals surface area contributed by atoms with Crippen LogP contribution in [0.15, 0.2) is 33.4 Å². The molecular formula is C31H42N4O5. The average molecular weight is 551 g/mol. The molecule has 3 aliphatic rings. The molecule has 9 nitrogen and oxygen atoms in total. The molecule has 2 fully saturated rings. The average Bonchev–Trinajstić information content (AvgIpc) is 3.61. The number of likely N-dealkylation sites (tertiary alicyclic amines) is 1. The fourth-order valence-corrected chi connectivity index (χ4v) is 6.38. The minimum atomic E-state index is -0.647. The molecule has 5 rings (SSSR count). The molecule has 1 atom stereocenters. The van der Waals surface area contributed by atoms with Crippen LogP contribution in [0.3, 0.4) is 0 Å². The summed E-state index contributed by atoms with van der Waals surface area (Å²) in [6, 6.07) is 4.51. The van der Waals surface area contributed by atoms with Gasteiger partial charge in [0, 0.05) is 55.2 Å². The van der Waals surface area contributed by atoms with Crippen LogP contribution in [-0.2, 0) is 27.2 Å². The van der Waals surface area contributed by atoms with E-state index in [1.165, 1.54) is 20.0 Å². The molecule has 2 aromatic rings. The highest BCUT2D eigenvalue weighted by atomic mass is 16.5. The molecule has 0 aliphatic carbocycles. The van der Waals surface area contributed by atoms with Crippen molar-refractivity contribution < 1.29 is 23.5 Å². The Balaban J connectivity index is 1.52. The number of nitrogens with one attached hydrogen (secondary N) is 1. The third kappa shape index (κ3) is 5.81. The first-order chi connectivity index (χ1) is 19.4. The lowest BCUT2D eigenvalue weighted by Crippen LogP contribution is -2.40. The highest BCUT2D eigenvalue weighted by Crippen LogP contribution is 2.37. The Bertz CT molecular complexity index is 1300. The maximum absolute atomic E-state index is 14.0. The number of allylic oxidation sites excluding steroid dienone is 1. The molecule has 2 saturated heterocycles. The van der Waals surface area contributed by atoms with Crippen LogP contribution in [0.25, 0.3) is 11.0 Å². The minimum Gasteiger partial charge on any atom is -0.500 e. The summed E-state index contributed by atoms with van der Waals surface area (Å²) in [5, 5.41) is 3.87. The summed E-state index contributed by atoms with van der Waals surface area (Å²) in [6.45, 7) is 11.3. The maximum Gasteiger partial charge on any atom is 0.258 e. The summed E-state index contributed by atoms with van der Waals surface area (Å²) >= 11 is 0. The van der Waals surface area contributed by atoms with Gasteiger partial charge in [0.25, 0.3) is 11.8 Å². The second-order valence-electron chi connectivity index (χ2n) is 10.9. The van der Waals surface area contributed by atoms with Gasteiger partial charge < -0.3 is 24.1 Å². The Hall–Kier alpha value is -3.17. The molecule has 216 valence electrons. The van der Waals surface area contributed by atoms with Gasteiger partial charge in [-0.1, -0.05) is 6.92 Å². The lowest BCUT2D eigenvalue weighted by molar-refractivity contribution is -0.121. The number of ether oxygens (including phenoxy) is 2. The quantitative estimate of drug-likeness (QED) is 0.466. The van der Waals surface area contributed by atoms with E-state index in [0.717, 1.165) is 80.2 Å². The topological polar surface area (TPSA) is 96.6 Å². The molecule has 0 radical (unpaired) electrons. The Kier molecular flexibility index (Phi) is 8.90. The van der Waals surface area contributed by atoms with Gasteiger partial charge in [-0.15, -0.1) is 0 Å². The van der Waals surface area contributed by atoms with E-state index in [9.17, 15) is 9.59 Å². The zero-order valence-electron chi connectivity index (χ0n) is 24.3. The van der Waals surface area contributed by atoms with Crippen LogP contribution in [0, 0.1) is 5.92 Å². The van der Waals surface area contributed by atoms with Crippen molar-refractivity contribution in [2.24, 2.45) is 10.9 Å². The van der Waals surface area contributed by atoms with E-state index in [-0.39, 0.29) is 18.4 Å². The molecular weight excluding hydrogens is 508 g/mol. The molecule has 0 bridgehead atoms. The first-order valence-corrected chi connectivity index (χ1v) is 14.7. The smallest absolute Gasteiger partial charge is 0.258 e. The van der Waals surface area contributed by atoms with E-state index in [0.29, 0.717) is 29.5 Å². The van der Waals surface area contributed by atoms with Crippen molar-refractivity contribution in [3.05, 3.63) is 40.9 Å². The van der Waals surface area contributed by atoms with Crippen molar-refractivity contribution in [3.63, 3.8) is 0 Å². The number of anilines is 1. The van der Waals surface area contributed by atoms with Crippen molar-refractivity contribution in [2.75, 3.05) is 51.4 Å². The van der Waals surface area contributed by atoms with Gasteiger partial charge in [0.1, 0.15) is 23.0 Å². The van der Waals surface area contributed by atoms with Crippen LogP contribution in [0.2, 0.25) is 0 Å². The van der Waals surface area contributed by atoms with Gasteiger partial charge in [-0.2, -0.15) is 0 Å². The predicted molar refractivity (Wildman–Crippen MR) is 156 cm³/mol. The fourth-order valence-electron chi connectivity index (χ4n) is 6.38. The summed E-state index contributed by atoms with van der Waals surface area (Å²) in [6.07, 6.45) is 6.75. The molecule has 1 aromatic carbocycles. The Morgan fingerprint density at radius 2 is 1.95 bits per heavy atom. The minimum absolute atomic E-state index is 0.110. The molecule has 9 heteroatoms. The van der Waals surface area contributed by atoms with Crippen LogP contribution < -0.4 is 10.2 Å². The number of methoxy groups -OCH3 is 1. The number of aliphatic imine (C=N–C) groups is 1. The number of benzene rings is 1.